The third-order valence-electron chi connectivity index (χ3n) is 3.64. The second kappa shape index (κ2) is 8.02. The van der Waals surface area contributed by atoms with Crippen molar-refractivity contribution in [2.45, 2.75) is 32.3 Å². The fourth-order valence-corrected chi connectivity index (χ4v) is 2.41. The van der Waals surface area contributed by atoms with E-state index in [1.54, 1.807) is 0 Å². The summed E-state index contributed by atoms with van der Waals surface area (Å²) < 4.78 is 5.80. The highest BCUT2D eigenvalue weighted by molar-refractivity contribution is 5.95. The Balaban J connectivity index is 1.61. The molecule has 1 saturated heterocycles. The molecule has 1 fully saturated rings. The molecule has 0 unspecified atom stereocenters. The third-order valence-corrected chi connectivity index (χ3v) is 3.64. The SMILES string of the molecule is Cc1ccccc1C(=O)NCCCOC1CCNCC1. The molecule has 0 spiro atoms. The Morgan fingerprint density at radius 2 is 2.10 bits per heavy atom. The van der Waals surface area contributed by atoms with Crippen LogP contribution >= 0.6 is 0 Å². The first-order chi connectivity index (χ1) is 9.77. The molecular weight excluding hydrogens is 252 g/mol. The van der Waals surface area contributed by atoms with E-state index in [1.807, 2.05) is 31.2 Å². The van der Waals surface area contributed by atoms with Crippen LogP contribution in [0.3, 0.4) is 0 Å². The fraction of sp³-hybridized carbons (Fsp3) is 0.562. The predicted octanol–water partition coefficient (Wildman–Crippen LogP) is 1.88. The lowest BCUT2D eigenvalue weighted by Crippen LogP contribution is -2.33. The zero-order chi connectivity index (χ0) is 14.2. The minimum Gasteiger partial charge on any atom is -0.378 e. The van der Waals surface area contributed by atoms with Gasteiger partial charge < -0.3 is 15.4 Å². The Morgan fingerprint density at radius 3 is 2.85 bits per heavy atom. The van der Waals surface area contributed by atoms with Gasteiger partial charge in [-0.2, -0.15) is 0 Å². The van der Waals surface area contributed by atoms with Gasteiger partial charge in [-0.15, -0.1) is 0 Å². The number of hydrogen-bond acceptors (Lipinski definition) is 3. The first-order valence-corrected chi connectivity index (χ1v) is 7.43. The second-order valence-corrected chi connectivity index (χ2v) is 5.24. The molecule has 1 aromatic carbocycles. The van der Waals surface area contributed by atoms with Crippen LogP contribution in [0.15, 0.2) is 24.3 Å². The van der Waals surface area contributed by atoms with Gasteiger partial charge >= 0.3 is 0 Å². The largest absolute Gasteiger partial charge is 0.378 e. The number of benzene rings is 1. The van der Waals surface area contributed by atoms with Crippen molar-refractivity contribution in [1.29, 1.82) is 0 Å². The maximum atomic E-state index is 12.0. The molecular formula is C16H24N2O2. The summed E-state index contributed by atoms with van der Waals surface area (Å²) in [6.07, 6.45) is 3.44. The predicted molar refractivity (Wildman–Crippen MR) is 80.0 cm³/mol. The quantitative estimate of drug-likeness (QED) is 0.780. The van der Waals surface area contributed by atoms with E-state index in [0.29, 0.717) is 12.6 Å². The van der Waals surface area contributed by atoms with Crippen LogP contribution in [0.2, 0.25) is 0 Å². The van der Waals surface area contributed by atoms with Crippen LogP contribution in [-0.2, 0) is 4.74 Å². The van der Waals surface area contributed by atoms with Crippen LogP contribution in [0.5, 0.6) is 0 Å². The lowest BCUT2D eigenvalue weighted by Gasteiger charge is -2.22. The van der Waals surface area contributed by atoms with E-state index in [9.17, 15) is 4.79 Å². The van der Waals surface area contributed by atoms with E-state index in [-0.39, 0.29) is 5.91 Å². The van der Waals surface area contributed by atoms with Crippen molar-refractivity contribution in [3.05, 3.63) is 35.4 Å². The molecule has 4 nitrogen and oxygen atoms in total. The molecule has 2 N–H and O–H groups in total. The Bertz CT molecular complexity index is 428. The van der Waals surface area contributed by atoms with Crippen LogP contribution in [-0.4, -0.2) is 38.3 Å². The second-order valence-electron chi connectivity index (χ2n) is 5.24. The number of carbonyl (C=O) groups is 1. The highest BCUT2D eigenvalue weighted by Gasteiger charge is 2.12. The number of hydrogen-bond donors (Lipinski definition) is 2. The zero-order valence-corrected chi connectivity index (χ0v) is 12.2. The summed E-state index contributed by atoms with van der Waals surface area (Å²) in [6.45, 7) is 5.44. The van der Waals surface area contributed by atoms with E-state index in [1.165, 1.54) is 0 Å². The van der Waals surface area contributed by atoms with Gasteiger partial charge in [0.2, 0.25) is 0 Å². The van der Waals surface area contributed by atoms with Gasteiger partial charge in [-0.3, -0.25) is 4.79 Å². The molecule has 1 amide bonds. The molecule has 1 heterocycles. The van der Waals surface area contributed by atoms with Crippen molar-refractivity contribution in [2.24, 2.45) is 0 Å². The number of piperidine rings is 1. The van der Waals surface area contributed by atoms with E-state index in [2.05, 4.69) is 10.6 Å². The number of aryl methyl sites for hydroxylation is 1. The van der Waals surface area contributed by atoms with Gasteiger partial charge in [0.15, 0.2) is 0 Å². The van der Waals surface area contributed by atoms with Crippen LogP contribution in [0.25, 0.3) is 0 Å². The van der Waals surface area contributed by atoms with E-state index in [0.717, 1.165) is 50.1 Å². The van der Waals surface area contributed by atoms with Crippen molar-refractivity contribution >= 4 is 5.91 Å². The minimum atomic E-state index is 0.00460. The molecule has 0 radical (unpaired) electrons. The Kier molecular flexibility index (Phi) is 6.02. The van der Waals surface area contributed by atoms with Crippen LogP contribution in [0.1, 0.15) is 35.2 Å². The molecule has 0 bridgehead atoms. The molecule has 1 aromatic rings. The van der Waals surface area contributed by atoms with Crippen molar-refractivity contribution in [3.8, 4) is 0 Å². The number of amides is 1. The summed E-state index contributed by atoms with van der Waals surface area (Å²) in [5.41, 5.74) is 1.77. The topological polar surface area (TPSA) is 50.4 Å². The molecule has 0 saturated carbocycles. The van der Waals surface area contributed by atoms with Crippen molar-refractivity contribution in [3.63, 3.8) is 0 Å². The zero-order valence-electron chi connectivity index (χ0n) is 12.2. The minimum absolute atomic E-state index is 0.00460. The first kappa shape index (κ1) is 15.0. The van der Waals surface area contributed by atoms with Crippen LogP contribution in [0, 0.1) is 6.92 Å². The molecule has 110 valence electrons. The molecule has 0 atom stereocenters. The summed E-state index contributed by atoms with van der Waals surface area (Å²) in [4.78, 5) is 12.0. The van der Waals surface area contributed by atoms with Gasteiger partial charge in [0, 0.05) is 18.7 Å². The Morgan fingerprint density at radius 1 is 1.35 bits per heavy atom. The van der Waals surface area contributed by atoms with Gasteiger partial charge in [0.1, 0.15) is 0 Å². The number of nitrogens with one attached hydrogen (secondary N) is 2. The highest BCUT2D eigenvalue weighted by Crippen LogP contribution is 2.08. The van der Waals surface area contributed by atoms with Gasteiger partial charge in [-0.05, 0) is 50.9 Å². The van der Waals surface area contributed by atoms with Gasteiger partial charge in [-0.25, -0.2) is 0 Å². The smallest absolute Gasteiger partial charge is 0.251 e. The summed E-state index contributed by atoms with van der Waals surface area (Å²) in [5.74, 6) is 0.00460. The lowest BCUT2D eigenvalue weighted by molar-refractivity contribution is 0.0318. The fourth-order valence-electron chi connectivity index (χ4n) is 2.41. The van der Waals surface area contributed by atoms with Crippen molar-refractivity contribution in [2.75, 3.05) is 26.2 Å². The van der Waals surface area contributed by atoms with Crippen LogP contribution in [0.4, 0.5) is 0 Å². The van der Waals surface area contributed by atoms with Gasteiger partial charge in [-0.1, -0.05) is 18.2 Å². The molecule has 4 heteroatoms. The summed E-state index contributed by atoms with van der Waals surface area (Å²) in [7, 11) is 0. The monoisotopic (exact) mass is 276 g/mol. The van der Waals surface area contributed by atoms with Gasteiger partial charge in [0.05, 0.1) is 6.10 Å². The summed E-state index contributed by atoms with van der Waals surface area (Å²) >= 11 is 0. The highest BCUT2D eigenvalue weighted by atomic mass is 16.5. The normalized spacial score (nSPS) is 16.1. The Hall–Kier alpha value is -1.39. The van der Waals surface area contributed by atoms with Crippen LogP contribution < -0.4 is 10.6 Å². The number of carbonyl (C=O) groups excluding carboxylic acids is 1. The molecule has 20 heavy (non-hydrogen) atoms. The molecule has 0 aliphatic carbocycles. The summed E-state index contributed by atoms with van der Waals surface area (Å²) in [6, 6.07) is 7.65. The number of rotatable bonds is 6. The number of ether oxygens (including phenoxy) is 1. The first-order valence-electron chi connectivity index (χ1n) is 7.43. The van der Waals surface area contributed by atoms with E-state index < -0.39 is 0 Å². The van der Waals surface area contributed by atoms with Crippen molar-refractivity contribution in [1.82, 2.24) is 10.6 Å². The van der Waals surface area contributed by atoms with E-state index >= 15 is 0 Å². The maximum Gasteiger partial charge on any atom is 0.251 e. The standard InChI is InChI=1S/C16H24N2O2/c1-13-5-2-3-6-15(13)16(19)18-9-4-12-20-14-7-10-17-11-8-14/h2-3,5-6,14,17H,4,7-12H2,1H3,(H,18,19). The lowest BCUT2D eigenvalue weighted by atomic mass is 10.1. The molecule has 1 aliphatic heterocycles. The maximum absolute atomic E-state index is 12.0. The molecule has 1 aliphatic rings. The molecule has 2 rings (SSSR count). The molecule has 0 aromatic heterocycles. The third kappa shape index (κ3) is 4.62. The average Bonchev–Trinajstić information content (AvgIpc) is 2.48. The Labute approximate surface area is 120 Å². The summed E-state index contributed by atoms with van der Waals surface area (Å²) in [5, 5.41) is 6.26. The van der Waals surface area contributed by atoms with Gasteiger partial charge in [0.25, 0.3) is 5.91 Å². The van der Waals surface area contributed by atoms with Crippen molar-refractivity contribution < 1.29 is 9.53 Å². The average molecular weight is 276 g/mol. The van der Waals surface area contributed by atoms with E-state index in [4.69, 9.17) is 4.74 Å².